The van der Waals surface area contributed by atoms with Crippen molar-refractivity contribution < 1.29 is 9.21 Å². The van der Waals surface area contributed by atoms with Crippen LogP contribution in [-0.2, 0) is 0 Å². The molecule has 0 fully saturated rings. The third-order valence-corrected chi connectivity index (χ3v) is 4.96. The molecular weight excluding hydrogens is 378 g/mol. The molecule has 0 saturated carbocycles. The van der Waals surface area contributed by atoms with Crippen LogP contribution in [-0.4, -0.2) is 16.0 Å². The van der Waals surface area contributed by atoms with Crippen LogP contribution in [0.1, 0.15) is 15.2 Å². The van der Waals surface area contributed by atoms with Crippen molar-refractivity contribution in [2.75, 3.05) is 5.32 Å². The molecule has 0 aliphatic heterocycles. The summed E-state index contributed by atoms with van der Waals surface area (Å²) in [7, 11) is 0. The monoisotopic (exact) mass is 393 g/mol. The van der Waals surface area contributed by atoms with Crippen LogP contribution in [0.5, 0.6) is 0 Å². The number of benzene rings is 2. The summed E-state index contributed by atoms with van der Waals surface area (Å²) in [6.07, 6.45) is 0. The third-order valence-electron chi connectivity index (χ3n) is 3.88. The summed E-state index contributed by atoms with van der Waals surface area (Å²) < 4.78 is 5.84. The summed E-state index contributed by atoms with van der Waals surface area (Å²) in [5, 5.41) is 7.75. The predicted molar refractivity (Wildman–Crippen MR) is 112 cm³/mol. The van der Waals surface area contributed by atoms with E-state index in [1.807, 2.05) is 60.8 Å². The number of oxazole rings is 1. The lowest BCUT2D eigenvalue weighted by molar-refractivity contribution is 0.0981. The number of carbonyl (C=O) groups is 1. The predicted octanol–water partition coefficient (Wildman–Crippen LogP) is 4.99. The molecule has 7 heteroatoms. The zero-order valence-corrected chi connectivity index (χ0v) is 16.0. The summed E-state index contributed by atoms with van der Waals surface area (Å²) in [5.74, 6) is 0.339. The van der Waals surface area contributed by atoms with Crippen LogP contribution in [0.4, 0.5) is 5.69 Å². The summed E-state index contributed by atoms with van der Waals surface area (Å²) in [5.41, 5.74) is 4.20. The minimum atomic E-state index is -0.230. The maximum atomic E-state index is 12.1. The van der Waals surface area contributed by atoms with Gasteiger partial charge in [0, 0.05) is 11.3 Å². The molecule has 0 bridgehead atoms. The Labute approximate surface area is 165 Å². The van der Waals surface area contributed by atoms with Gasteiger partial charge in [-0.2, -0.15) is 0 Å². The van der Waals surface area contributed by atoms with E-state index in [9.17, 15) is 4.79 Å². The van der Waals surface area contributed by atoms with Crippen molar-refractivity contribution in [2.24, 2.45) is 0 Å². The summed E-state index contributed by atoms with van der Waals surface area (Å²) in [4.78, 5) is 17.2. The number of fused-ring (bicyclic) bond motifs is 1. The van der Waals surface area contributed by atoms with Crippen LogP contribution in [0.2, 0.25) is 0 Å². The normalized spacial score (nSPS) is 10.7. The molecule has 0 spiro atoms. The molecule has 27 heavy (non-hydrogen) atoms. The summed E-state index contributed by atoms with van der Waals surface area (Å²) in [6, 6.07) is 17.1. The topological polar surface area (TPSA) is 67.2 Å². The molecule has 4 rings (SSSR count). The number of rotatable bonds is 3. The quantitative estimate of drug-likeness (QED) is 0.480. The first kappa shape index (κ1) is 17.4. The first-order valence-electron chi connectivity index (χ1n) is 8.22. The van der Waals surface area contributed by atoms with Crippen LogP contribution in [0.25, 0.3) is 22.6 Å². The van der Waals surface area contributed by atoms with E-state index in [1.165, 1.54) is 11.3 Å². The van der Waals surface area contributed by atoms with Crippen molar-refractivity contribution in [1.29, 1.82) is 0 Å². The van der Waals surface area contributed by atoms with E-state index in [0.29, 0.717) is 21.9 Å². The van der Waals surface area contributed by atoms with Crippen molar-refractivity contribution in [3.63, 3.8) is 0 Å². The fraction of sp³-hybridized carbons (Fsp3) is 0.0500. The van der Waals surface area contributed by atoms with Gasteiger partial charge >= 0.3 is 0 Å². The number of hydrogen-bond donors (Lipinski definition) is 2. The molecule has 4 aromatic rings. The maximum absolute atomic E-state index is 12.1. The SMILES string of the molecule is Cc1cccc(-c2nc3cc(NC(=S)NC(=O)c4cccs4)ccc3o2)c1. The standard InChI is InChI=1S/C20H15N3O2S2/c1-12-4-2-5-13(10-12)19-22-15-11-14(7-8-16(15)25-19)21-20(26)23-18(24)17-6-3-9-27-17/h2-11H,1H3,(H2,21,23,24,26). The second kappa shape index (κ2) is 7.30. The van der Waals surface area contributed by atoms with Gasteiger partial charge in [-0.3, -0.25) is 10.1 Å². The van der Waals surface area contributed by atoms with Gasteiger partial charge in [0.15, 0.2) is 10.7 Å². The Balaban J connectivity index is 1.51. The molecular formula is C20H15N3O2S2. The highest BCUT2D eigenvalue weighted by molar-refractivity contribution is 7.80. The fourth-order valence-corrected chi connectivity index (χ4v) is 3.47. The van der Waals surface area contributed by atoms with E-state index in [4.69, 9.17) is 16.6 Å². The molecule has 0 aliphatic carbocycles. The zero-order valence-electron chi connectivity index (χ0n) is 14.4. The Bertz CT molecular complexity index is 1130. The van der Waals surface area contributed by atoms with Crippen molar-refractivity contribution >= 4 is 51.4 Å². The molecule has 0 aliphatic rings. The first-order valence-corrected chi connectivity index (χ1v) is 9.51. The van der Waals surface area contributed by atoms with Gasteiger partial charge in [0.1, 0.15) is 5.52 Å². The van der Waals surface area contributed by atoms with E-state index in [0.717, 1.165) is 16.8 Å². The summed E-state index contributed by atoms with van der Waals surface area (Å²) >= 11 is 6.58. The fourth-order valence-electron chi connectivity index (χ4n) is 2.64. The Morgan fingerprint density at radius 2 is 2.04 bits per heavy atom. The van der Waals surface area contributed by atoms with Gasteiger partial charge in [-0.25, -0.2) is 4.98 Å². The minimum Gasteiger partial charge on any atom is -0.436 e. The Morgan fingerprint density at radius 1 is 1.15 bits per heavy atom. The third kappa shape index (κ3) is 3.89. The van der Waals surface area contributed by atoms with Crippen LogP contribution in [0.3, 0.4) is 0 Å². The van der Waals surface area contributed by atoms with Gasteiger partial charge in [0.25, 0.3) is 5.91 Å². The Hall–Kier alpha value is -3.03. The lowest BCUT2D eigenvalue weighted by atomic mass is 10.1. The Kier molecular flexibility index (Phi) is 4.70. The minimum absolute atomic E-state index is 0.230. The zero-order chi connectivity index (χ0) is 18.8. The van der Waals surface area contributed by atoms with Crippen molar-refractivity contribution in [3.8, 4) is 11.5 Å². The molecule has 0 atom stereocenters. The number of nitrogens with one attached hydrogen (secondary N) is 2. The van der Waals surface area contributed by atoms with Crippen LogP contribution >= 0.6 is 23.6 Å². The largest absolute Gasteiger partial charge is 0.436 e. The van der Waals surface area contributed by atoms with E-state index >= 15 is 0 Å². The molecule has 5 nitrogen and oxygen atoms in total. The number of anilines is 1. The molecule has 0 radical (unpaired) electrons. The highest BCUT2D eigenvalue weighted by Gasteiger charge is 2.11. The Morgan fingerprint density at radius 3 is 2.81 bits per heavy atom. The number of thiophene rings is 1. The lowest BCUT2D eigenvalue weighted by Crippen LogP contribution is -2.33. The van der Waals surface area contributed by atoms with Crippen molar-refractivity contribution in [3.05, 3.63) is 70.4 Å². The molecule has 0 saturated heterocycles. The van der Waals surface area contributed by atoms with Gasteiger partial charge in [-0.1, -0.05) is 23.8 Å². The second-order valence-corrected chi connectivity index (χ2v) is 7.31. The lowest BCUT2D eigenvalue weighted by Gasteiger charge is -2.08. The van der Waals surface area contributed by atoms with Gasteiger partial charge in [-0.15, -0.1) is 11.3 Å². The van der Waals surface area contributed by atoms with E-state index in [1.54, 1.807) is 6.07 Å². The van der Waals surface area contributed by atoms with Gasteiger partial charge in [0.2, 0.25) is 5.89 Å². The van der Waals surface area contributed by atoms with Crippen LogP contribution in [0.15, 0.2) is 64.4 Å². The molecule has 2 heterocycles. The van der Waals surface area contributed by atoms with Crippen LogP contribution in [0, 0.1) is 6.92 Å². The average Bonchev–Trinajstić information content (AvgIpc) is 3.31. The summed E-state index contributed by atoms with van der Waals surface area (Å²) in [6.45, 7) is 2.03. The van der Waals surface area contributed by atoms with E-state index < -0.39 is 0 Å². The highest BCUT2D eigenvalue weighted by atomic mass is 32.1. The van der Waals surface area contributed by atoms with E-state index in [-0.39, 0.29) is 11.0 Å². The van der Waals surface area contributed by atoms with Gasteiger partial charge in [0.05, 0.1) is 4.88 Å². The molecule has 1 amide bonds. The molecule has 2 aromatic carbocycles. The number of aryl methyl sites for hydroxylation is 1. The molecule has 0 unspecified atom stereocenters. The van der Waals surface area contributed by atoms with Crippen molar-refractivity contribution in [2.45, 2.75) is 6.92 Å². The second-order valence-electron chi connectivity index (χ2n) is 5.96. The maximum Gasteiger partial charge on any atom is 0.267 e. The van der Waals surface area contributed by atoms with E-state index in [2.05, 4.69) is 15.6 Å². The first-order chi connectivity index (χ1) is 13.1. The molecule has 134 valence electrons. The average molecular weight is 393 g/mol. The van der Waals surface area contributed by atoms with Gasteiger partial charge in [-0.05, 0) is 60.9 Å². The van der Waals surface area contributed by atoms with Crippen LogP contribution < -0.4 is 10.6 Å². The molecule has 2 N–H and O–H groups in total. The number of hydrogen-bond acceptors (Lipinski definition) is 5. The van der Waals surface area contributed by atoms with Gasteiger partial charge < -0.3 is 9.73 Å². The number of amides is 1. The molecule has 2 aromatic heterocycles. The highest BCUT2D eigenvalue weighted by Crippen LogP contribution is 2.26. The number of thiocarbonyl (C=S) groups is 1. The smallest absolute Gasteiger partial charge is 0.267 e. The number of nitrogens with zero attached hydrogens (tertiary/aromatic N) is 1. The number of carbonyl (C=O) groups excluding carboxylic acids is 1. The van der Waals surface area contributed by atoms with Crippen molar-refractivity contribution in [1.82, 2.24) is 10.3 Å². The number of aromatic nitrogens is 1.